The summed E-state index contributed by atoms with van der Waals surface area (Å²) in [6, 6.07) is 1.74. The zero-order valence-electron chi connectivity index (χ0n) is 17.9. The van der Waals surface area contributed by atoms with E-state index >= 15 is 0 Å². The summed E-state index contributed by atoms with van der Waals surface area (Å²) < 4.78 is 0. The van der Waals surface area contributed by atoms with Crippen LogP contribution in [0.4, 0.5) is 0 Å². The van der Waals surface area contributed by atoms with Crippen molar-refractivity contribution in [1.29, 1.82) is 0 Å². The maximum atomic E-state index is 12.7. The quantitative estimate of drug-likeness (QED) is 0.181. The van der Waals surface area contributed by atoms with Crippen molar-refractivity contribution in [3.8, 4) is 5.75 Å². The Hall–Kier alpha value is -2.83. The van der Waals surface area contributed by atoms with Gasteiger partial charge < -0.3 is 37.0 Å². The maximum Gasteiger partial charge on any atom is 0.328 e. The molecule has 0 radical (unpaired) electrons. The molecule has 32 heavy (non-hydrogen) atoms. The predicted octanol–water partition coefficient (Wildman–Crippen LogP) is -1.43. The van der Waals surface area contributed by atoms with E-state index in [1.165, 1.54) is 30.8 Å². The van der Waals surface area contributed by atoms with Crippen molar-refractivity contribution in [2.75, 3.05) is 18.6 Å². The first-order chi connectivity index (χ1) is 15.1. The summed E-state index contributed by atoms with van der Waals surface area (Å²) in [5, 5.41) is 34.4. The van der Waals surface area contributed by atoms with E-state index in [-0.39, 0.29) is 18.6 Å². The second kappa shape index (κ2) is 13.6. The van der Waals surface area contributed by atoms with Crippen LogP contribution in [0.3, 0.4) is 0 Å². The average molecular weight is 471 g/mol. The molecule has 11 nitrogen and oxygen atoms in total. The van der Waals surface area contributed by atoms with Crippen molar-refractivity contribution >= 4 is 35.5 Å². The first-order valence-corrected chi connectivity index (χ1v) is 11.3. The molecule has 4 atom stereocenters. The van der Waals surface area contributed by atoms with E-state index in [0.29, 0.717) is 5.75 Å². The molecule has 1 aromatic carbocycles. The number of hydrogen-bond donors (Lipinski definition) is 7. The number of aliphatic hydroxyl groups excluding tert-OH is 1. The lowest BCUT2D eigenvalue weighted by molar-refractivity contribution is -0.143. The van der Waals surface area contributed by atoms with Crippen LogP contribution in [0.25, 0.3) is 0 Å². The highest BCUT2D eigenvalue weighted by atomic mass is 32.2. The fourth-order valence-electron chi connectivity index (χ4n) is 2.62. The van der Waals surface area contributed by atoms with Gasteiger partial charge in [0.1, 0.15) is 23.9 Å². The summed E-state index contributed by atoms with van der Waals surface area (Å²) in [7, 11) is 0. The number of carboxylic acids is 1. The number of aromatic hydroxyl groups is 1. The molecule has 8 N–H and O–H groups in total. The smallest absolute Gasteiger partial charge is 0.328 e. The number of nitrogens with one attached hydrogen (secondary N) is 3. The summed E-state index contributed by atoms with van der Waals surface area (Å²) >= 11 is 1.47. The molecule has 0 heterocycles. The average Bonchev–Trinajstić information content (AvgIpc) is 2.75. The van der Waals surface area contributed by atoms with Crippen LogP contribution in [-0.4, -0.2) is 81.8 Å². The largest absolute Gasteiger partial charge is 0.508 e. The SMILES string of the molecule is CSCCC(NC(=O)C(N)Cc1ccc(O)cc1)C(=O)NC(C)C(=O)NC(CO)C(=O)O. The van der Waals surface area contributed by atoms with Crippen LogP contribution in [0, 0.1) is 0 Å². The minimum atomic E-state index is -1.49. The van der Waals surface area contributed by atoms with Gasteiger partial charge in [-0.1, -0.05) is 12.1 Å². The molecule has 12 heteroatoms. The van der Waals surface area contributed by atoms with Gasteiger partial charge in [-0.2, -0.15) is 11.8 Å². The van der Waals surface area contributed by atoms with Gasteiger partial charge in [0, 0.05) is 0 Å². The number of aliphatic hydroxyl groups is 1. The van der Waals surface area contributed by atoms with E-state index in [1.54, 1.807) is 12.1 Å². The van der Waals surface area contributed by atoms with Gasteiger partial charge in [0.05, 0.1) is 12.6 Å². The van der Waals surface area contributed by atoms with Crippen LogP contribution >= 0.6 is 11.8 Å². The minimum absolute atomic E-state index is 0.0902. The van der Waals surface area contributed by atoms with E-state index in [0.717, 1.165) is 5.56 Å². The number of aliphatic carboxylic acids is 1. The van der Waals surface area contributed by atoms with E-state index in [1.807, 2.05) is 6.26 Å². The first kappa shape index (κ1) is 27.2. The number of phenols is 1. The van der Waals surface area contributed by atoms with Gasteiger partial charge >= 0.3 is 5.97 Å². The molecule has 0 saturated carbocycles. The van der Waals surface area contributed by atoms with E-state index in [4.69, 9.17) is 15.9 Å². The number of hydrogen-bond acceptors (Lipinski definition) is 8. The van der Waals surface area contributed by atoms with E-state index < -0.39 is 54.5 Å². The molecule has 0 aromatic heterocycles. The molecular formula is C20H30N4O7S. The lowest BCUT2D eigenvalue weighted by Crippen LogP contribution is -2.57. The number of thioether (sulfide) groups is 1. The number of benzene rings is 1. The lowest BCUT2D eigenvalue weighted by Gasteiger charge is -2.23. The molecule has 1 rings (SSSR count). The molecule has 0 aliphatic rings. The molecule has 1 aromatic rings. The highest BCUT2D eigenvalue weighted by Gasteiger charge is 2.28. The molecule has 0 bridgehead atoms. The number of nitrogens with two attached hydrogens (primary N) is 1. The number of carbonyl (C=O) groups excluding carboxylic acids is 3. The molecule has 0 spiro atoms. The van der Waals surface area contributed by atoms with Crippen molar-refractivity contribution < 1.29 is 34.5 Å². The summed E-state index contributed by atoms with van der Waals surface area (Å²) in [5.74, 6) is -2.73. The third-order valence-electron chi connectivity index (χ3n) is 4.52. The Labute approximate surface area is 190 Å². The van der Waals surface area contributed by atoms with Crippen molar-refractivity contribution in [1.82, 2.24) is 16.0 Å². The van der Waals surface area contributed by atoms with Crippen LogP contribution in [0.2, 0.25) is 0 Å². The number of rotatable bonds is 13. The van der Waals surface area contributed by atoms with E-state index in [9.17, 15) is 24.3 Å². The number of carboxylic acid groups (broad SMARTS) is 1. The summed E-state index contributed by atoms with van der Waals surface area (Å²) in [5.41, 5.74) is 6.69. The second-order valence-electron chi connectivity index (χ2n) is 7.13. The second-order valence-corrected chi connectivity index (χ2v) is 8.12. The van der Waals surface area contributed by atoms with Crippen LogP contribution in [-0.2, 0) is 25.6 Å². The normalized spacial score (nSPS) is 14.5. The lowest BCUT2D eigenvalue weighted by atomic mass is 10.0. The van der Waals surface area contributed by atoms with Gasteiger partial charge in [0.2, 0.25) is 17.7 Å². The van der Waals surface area contributed by atoms with Gasteiger partial charge in [-0.05, 0) is 49.5 Å². The standard InChI is InChI=1S/C20H30N4O7S/c1-11(17(27)24-16(10-25)20(30)31)22-19(29)15(7-8-32-2)23-18(28)14(21)9-12-3-5-13(26)6-4-12/h3-6,11,14-16,25-26H,7-10,21H2,1-2H3,(H,22,29)(H,23,28)(H,24,27)(H,30,31). The number of carbonyl (C=O) groups is 4. The number of amides is 3. The molecule has 3 amide bonds. The number of phenolic OH excluding ortho intramolecular Hbond substituents is 1. The highest BCUT2D eigenvalue weighted by Crippen LogP contribution is 2.11. The summed E-state index contributed by atoms with van der Waals surface area (Å²) in [6.07, 6.45) is 2.32. The molecule has 0 saturated heterocycles. The topological polar surface area (TPSA) is 191 Å². The monoisotopic (exact) mass is 470 g/mol. The Morgan fingerprint density at radius 1 is 1.00 bits per heavy atom. The van der Waals surface area contributed by atoms with Gasteiger partial charge in [0.15, 0.2) is 0 Å². The van der Waals surface area contributed by atoms with Crippen molar-refractivity contribution in [2.45, 2.75) is 43.9 Å². The van der Waals surface area contributed by atoms with Gasteiger partial charge in [-0.25, -0.2) is 4.79 Å². The Balaban J connectivity index is 2.73. The Morgan fingerprint density at radius 2 is 1.59 bits per heavy atom. The Bertz CT molecular complexity index is 791. The summed E-state index contributed by atoms with van der Waals surface area (Å²) in [4.78, 5) is 48.2. The molecule has 0 aliphatic heterocycles. The fourth-order valence-corrected chi connectivity index (χ4v) is 3.10. The van der Waals surface area contributed by atoms with Crippen molar-refractivity contribution in [2.24, 2.45) is 5.73 Å². The molecule has 178 valence electrons. The van der Waals surface area contributed by atoms with Crippen LogP contribution < -0.4 is 21.7 Å². The molecule has 0 fully saturated rings. The van der Waals surface area contributed by atoms with Crippen molar-refractivity contribution in [3.63, 3.8) is 0 Å². The van der Waals surface area contributed by atoms with Gasteiger partial charge in [-0.15, -0.1) is 0 Å². The Morgan fingerprint density at radius 3 is 2.12 bits per heavy atom. The Kier molecular flexibility index (Phi) is 11.5. The van der Waals surface area contributed by atoms with E-state index in [2.05, 4.69) is 16.0 Å². The van der Waals surface area contributed by atoms with Gasteiger partial charge in [-0.3, -0.25) is 14.4 Å². The summed E-state index contributed by atoms with van der Waals surface area (Å²) in [6.45, 7) is 0.556. The zero-order valence-corrected chi connectivity index (χ0v) is 18.7. The maximum absolute atomic E-state index is 12.7. The van der Waals surface area contributed by atoms with Crippen LogP contribution in [0.5, 0.6) is 5.75 Å². The highest BCUT2D eigenvalue weighted by molar-refractivity contribution is 7.98. The first-order valence-electron chi connectivity index (χ1n) is 9.86. The minimum Gasteiger partial charge on any atom is -0.508 e. The fraction of sp³-hybridized carbons (Fsp3) is 0.500. The van der Waals surface area contributed by atoms with Crippen LogP contribution in [0.15, 0.2) is 24.3 Å². The third kappa shape index (κ3) is 9.12. The molecular weight excluding hydrogens is 440 g/mol. The zero-order chi connectivity index (χ0) is 24.3. The predicted molar refractivity (Wildman–Crippen MR) is 119 cm³/mol. The third-order valence-corrected chi connectivity index (χ3v) is 5.17. The van der Waals surface area contributed by atoms with Crippen molar-refractivity contribution in [3.05, 3.63) is 29.8 Å². The molecule has 4 unspecified atom stereocenters. The van der Waals surface area contributed by atoms with Gasteiger partial charge in [0.25, 0.3) is 0 Å². The van der Waals surface area contributed by atoms with Crippen LogP contribution in [0.1, 0.15) is 18.9 Å². The molecule has 0 aliphatic carbocycles.